The number of aryl methyl sites for hydroxylation is 1. The van der Waals surface area contributed by atoms with Crippen LogP contribution in [0.5, 0.6) is 0 Å². The second-order valence-corrected chi connectivity index (χ2v) is 6.62. The topological polar surface area (TPSA) is 93.4 Å². The smallest absolute Gasteiger partial charge is 0.272 e. The summed E-state index contributed by atoms with van der Waals surface area (Å²) in [6.45, 7) is 2.50. The predicted molar refractivity (Wildman–Crippen MR) is 71.0 cm³/mol. The zero-order chi connectivity index (χ0) is 14.0. The Labute approximate surface area is 112 Å². The molecule has 0 bridgehead atoms. The van der Waals surface area contributed by atoms with Crippen LogP contribution >= 0.6 is 0 Å². The molecule has 2 N–H and O–H groups in total. The summed E-state index contributed by atoms with van der Waals surface area (Å²) in [7, 11) is -3.60. The molecular formula is C12H17N3O3S. The summed E-state index contributed by atoms with van der Waals surface area (Å²) in [5.41, 5.74) is 1.16. The molecule has 0 aliphatic carbocycles. The maximum Gasteiger partial charge on any atom is 0.272 e. The lowest BCUT2D eigenvalue weighted by molar-refractivity contribution is 0.0720. The first-order chi connectivity index (χ1) is 8.89. The first kappa shape index (κ1) is 14.0. The van der Waals surface area contributed by atoms with Crippen LogP contribution in [0.3, 0.4) is 0 Å². The number of likely N-dealkylation sites (tertiary alicyclic amines) is 1. The van der Waals surface area contributed by atoms with Crippen LogP contribution in [0.25, 0.3) is 0 Å². The molecule has 7 heteroatoms. The Morgan fingerprint density at radius 1 is 1.53 bits per heavy atom. The zero-order valence-corrected chi connectivity index (χ0v) is 11.6. The van der Waals surface area contributed by atoms with Crippen LogP contribution in [0.4, 0.5) is 0 Å². The van der Waals surface area contributed by atoms with Gasteiger partial charge in [-0.15, -0.1) is 0 Å². The monoisotopic (exact) mass is 283 g/mol. The van der Waals surface area contributed by atoms with Gasteiger partial charge in [0.25, 0.3) is 5.91 Å². The van der Waals surface area contributed by atoms with E-state index in [-0.39, 0.29) is 12.5 Å². The van der Waals surface area contributed by atoms with Crippen molar-refractivity contribution in [3.63, 3.8) is 0 Å². The number of piperidine rings is 1. The highest BCUT2D eigenvalue weighted by Gasteiger charge is 2.31. The Balaban J connectivity index is 2.19. The lowest BCUT2D eigenvalue weighted by Crippen LogP contribution is -2.47. The summed E-state index contributed by atoms with van der Waals surface area (Å²) in [6, 6.07) is 3.57. The number of nitrogens with zero attached hydrogens (tertiary/aromatic N) is 2. The van der Waals surface area contributed by atoms with Crippen LogP contribution in [0.1, 0.15) is 28.9 Å². The second-order valence-electron chi connectivity index (χ2n) is 4.77. The van der Waals surface area contributed by atoms with Crippen LogP contribution in [-0.2, 0) is 10.0 Å². The number of amides is 1. The van der Waals surface area contributed by atoms with Gasteiger partial charge < -0.3 is 4.90 Å². The molecule has 1 unspecified atom stereocenters. The SMILES string of the molecule is Cc1cccnc1C(=O)N1CCCC(S(N)(=O)=O)C1. The van der Waals surface area contributed by atoms with Gasteiger partial charge in [-0.1, -0.05) is 6.07 Å². The van der Waals surface area contributed by atoms with E-state index >= 15 is 0 Å². The molecule has 1 aliphatic heterocycles. The van der Waals surface area contributed by atoms with Crippen molar-refractivity contribution in [2.24, 2.45) is 5.14 Å². The van der Waals surface area contributed by atoms with Crippen LogP contribution in [0, 0.1) is 6.92 Å². The Morgan fingerprint density at radius 3 is 2.89 bits per heavy atom. The van der Waals surface area contributed by atoms with E-state index in [1.165, 1.54) is 4.90 Å². The van der Waals surface area contributed by atoms with E-state index in [0.717, 1.165) is 5.56 Å². The fraction of sp³-hybridized carbons (Fsp3) is 0.500. The number of carbonyl (C=O) groups is 1. The molecule has 1 aliphatic rings. The third-order valence-corrected chi connectivity index (χ3v) is 4.66. The minimum absolute atomic E-state index is 0.147. The van der Waals surface area contributed by atoms with E-state index in [1.807, 2.05) is 0 Å². The highest BCUT2D eigenvalue weighted by molar-refractivity contribution is 7.89. The average Bonchev–Trinajstić information content (AvgIpc) is 2.38. The van der Waals surface area contributed by atoms with E-state index in [9.17, 15) is 13.2 Å². The number of pyridine rings is 1. The van der Waals surface area contributed by atoms with E-state index in [2.05, 4.69) is 4.98 Å². The molecule has 2 heterocycles. The van der Waals surface area contributed by atoms with Crippen molar-refractivity contribution in [2.45, 2.75) is 25.0 Å². The number of carbonyl (C=O) groups excluding carboxylic acids is 1. The minimum Gasteiger partial charge on any atom is -0.336 e. The average molecular weight is 283 g/mol. The fourth-order valence-corrected chi connectivity index (χ4v) is 3.13. The lowest BCUT2D eigenvalue weighted by Gasteiger charge is -2.31. The highest BCUT2D eigenvalue weighted by Crippen LogP contribution is 2.18. The van der Waals surface area contributed by atoms with Gasteiger partial charge in [-0.3, -0.25) is 9.78 Å². The van der Waals surface area contributed by atoms with Gasteiger partial charge in [0, 0.05) is 19.3 Å². The molecular weight excluding hydrogens is 266 g/mol. The van der Waals surface area contributed by atoms with Gasteiger partial charge in [0.15, 0.2) is 0 Å². The van der Waals surface area contributed by atoms with Gasteiger partial charge in [0.2, 0.25) is 10.0 Å². The molecule has 1 saturated heterocycles. The predicted octanol–water partition coefficient (Wildman–Crippen LogP) is 0.283. The van der Waals surface area contributed by atoms with Gasteiger partial charge in [-0.2, -0.15) is 0 Å². The molecule has 1 aromatic rings. The normalized spacial score (nSPS) is 20.3. The van der Waals surface area contributed by atoms with Crippen molar-refractivity contribution in [3.8, 4) is 0 Å². The zero-order valence-electron chi connectivity index (χ0n) is 10.7. The van der Waals surface area contributed by atoms with Crippen molar-refractivity contribution in [3.05, 3.63) is 29.6 Å². The van der Waals surface area contributed by atoms with Gasteiger partial charge in [0.05, 0.1) is 5.25 Å². The molecule has 1 aromatic heterocycles. The molecule has 2 rings (SSSR count). The van der Waals surface area contributed by atoms with Crippen molar-refractivity contribution in [1.29, 1.82) is 0 Å². The third kappa shape index (κ3) is 3.10. The third-order valence-electron chi connectivity index (χ3n) is 3.34. The number of sulfonamides is 1. The van der Waals surface area contributed by atoms with Gasteiger partial charge in [0.1, 0.15) is 5.69 Å². The number of rotatable bonds is 2. The molecule has 1 atom stereocenters. The van der Waals surface area contributed by atoms with Crippen molar-refractivity contribution in [1.82, 2.24) is 9.88 Å². The largest absolute Gasteiger partial charge is 0.336 e. The molecule has 1 amide bonds. The summed E-state index contributed by atoms with van der Waals surface area (Å²) < 4.78 is 22.8. The number of hydrogen-bond acceptors (Lipinski definition) is 4. The summed E-state index contributed by atoms with van der Waals surface area (Å²) >= 11 is 0. The lowest BCUT2D eigenvalue weighted by atomic mass is 10.1. The number of nitrogens with two attached hydrogens (primary N) is 1. The Hall–Kier alpha value is -1.47. The van der Waals surface area contributed by atoms with E-state index in [0.29, 0.717) is 25.1 Å². The van der Waals surface area contributed by atoms with E-state index in [4.69, 9.17) is 5.14 Å². The van der Waals surface area contributed by atoms with Gasteiger partial charge in [-0.05, 0) is 31.4 Å². The first-order valence-corrected chi connectivity index (χ1v) is 7.73. The summed E-state index contributed by atoms with van der Waals surface area (Å²) in [5, 5.41) is 4.49. The Kier molecular flexibility index (Phi) is 3.86. The Bertz CT molecular complexity index is 586. The molecule has 1 fully saturated rings. The van der Waals surface area contributed by atoms with Crippen LogP contribution < -0.4 is 5.14 Å². The van der Waals surface area contributed by atoms with Crippen molar-refractivity contribution in [2.75, 3.05) is 13.1 Å². The van der Waals surface area contributed by atoms with E-state index in [1.54, 1.807) is 25.3 Å². The first-order valence-electron chi connectivity index (χ1n) is 6.12. The van der Waals surface area contributed by atoms with Crippen molar-refractivity contribution < 1.29 is 13.2 Å². The van der Waals surface area contributed by atoms with Crippen LogP contribution in [0.15, 0.2) is 18.3 Å². The fourth-order valence-electron chi connectivity index (χ4n) is 2.25. The standard InChI is InChI=1S/C12H17N3O3S/c1-9-4-2-6-14-11(9)12(16)15-7-3-5-10(8-15)19(13,17)18/h2,4,6,10H,3,5,7-8H2,1H3,(H2,13,17,18). The number of hydrogen-bond donors (Lipinski definition) is 1. The van der Waals surface area contributed by atoms with Crippen LogP contribution in [-0.4, -0.2) is 42.5 Å². The van der Waals surface area contributed by atoms with Gasteiger partial charge >= 0.3 is 0 Å². The molecule has 6 nitrogen and oxygen atoms in total. The maximum absolute atomic E-state index is 12.3. The van der Waals surface area contributed by atoms with Crippen molar-refractivity contribution >= 4 is 15.9 Å². The van der Waals surface area contributed by atoms with Gasteiger partial charge in [-0.25, -0.2) is 13.6 Å². The highest BCUT2D eigenvalue weighted by atomic mass is 32.2. The molecule has 0 aromatic carbocycles. The summed E-state index contributed by atoms with van der Waals surface area (Å²) in [6.07, 6.45) is 2.70. The maximum atomic E-state index is 12.3. The summed E-state index contributed by atoms with van der Waals surface area (Å²) in [4.78, 5) is 17.9. The van der Waals surface area contributed by atoms with Crippen LogP contribution in [0.2, 0.25) is 0 Å². The quantitative estimate of drug-likeness (QED) is 0.843. The number of aromatic nitrogens is 1. The molecule has 0 saturated carbocycles. The molecule has 0 radical (unpaired) electrons. The molecule has 104 valence electrons. The number of primary sulfonamides is 1. The Morgan fingerprint density at radius 2 is 2.26 bits per heavy atom. The second kappa shape index (κ2) is 5.26. The molecule has 0 spiro atoms. The summed E-state index contributed by atoms with van der Waals surface area (Å²) in [5.74, 6) is -0.230. The molecule has 19 heavy (non-hydrogen) atoms. The minimum atomic E-state index is -3.60. The van der Waals surface area contributed by atoms with E-state index < -0.39 is 15.3 Å².